The van der Waals surface area contributed by atoms with Crippen LogP contribution in [0.3, 0.4) is 0 Å². The van der Waals surface area contributed by atoms with Gasteiger partial charge in [-0.3, -0.25) is 9.69 Å². The van der Waals surface area contributed by atoms with E-state index in [0.29, 0.717) is 19.7 Å². The second-order valence-electron chi connectivity index (χ2n) is 7.04. The summed E-state index contributed by atoms with van der Waals surface area (Å²) in [5.41, 5.74) is 0.809. The van der Waals surface area contributed by atoms with Crippen molar-refractivity contribution in [1.82, 2.24) is 9.80 Å². The zero-order valence-corrected chi connectivity index (χ0v) is 15.5. The molecule has 0 bridgehead atoms. The molecular weight excluding hydrogens is 303 g/mol. The Morgan fingerprint density at radius 3 is 2.62 bits per heavy atom. The summed E-state index contributed by atoms with van der Waals surface area (Å²) in [6, 6.07) is 10.4. The Kier molecular flexibility index (Phi) is 6.44. The van der Waals surface area contributed by atoms with E-state index in [-0.39, 0.29) is 18.0 Å². The first kappa shape index (κ1) is 19.0. The Labute approximate surface area is 146 Å². The highest BCUT2D eigenvalue weighted by Gasteiger charge is 2.32. The predicted molar refractivity (Wildman–Crippen MR) is 97.6 cm³/mol. The van der Waals surface area contributed by atoms with E-state index < -0.39 is 5.72 Å². The third-order valence-corrected chi connectivity index (χ3v) is 4.67. The van der Waals surface area contributed by atoms with Crippen LogP contribution in [0.25, 0.3) is 0 Å². The number of benzene rings is 1. The van der Waals surface area contributed by atoms with Crippen LogP contribution in [0.2, 0.25) is 0 Å². The summed E-state index contributed by atoms with van der Waals surface area (Å²) >= 11 is 0. The average molecular weight is 332 g/mol. The molecule has 132 valence electrons. The number of morpholine rings is 1. The summed E-state index contributed by atoms with van der Waals surface area (Å²) < 4.78 is 12.2. The van der Waals surface area contributed by atoms with Crippen LogP contribution in [0.5, 0.6) is 0 Å². The molecule has 0 aliphatic carbocycles. The largest absolute Gasteiger partial charge is 0.378 e. The van der Waals surface area contributed by atoms with E-state index in [4.69, 9.17) is 9.47 Å². The van der Waals surface area contributed by atoms with E-state index in [1.165, 1.54) is 5.56 Å². The number of hydrogen-bond acceptors (Lipinski definition) is 4. The number of hydrogen-bond donors (Lipinski definition) is 0. The molecule has 3 unspecified atom stereocenters. The van der Waals surface area contributed by atoms with Crippen LogP contribution in [0.15, 0.2) is 30.3 Å². The zero-order chi connectivity index (χ0) is 17.7. The van der Waals surface area contributed by atoms with Crippen LogP contribution >= 0.6 is 0 Å². The molecule has 0 saturated carbocycles. The minimum Gasteiger partial charge on any atom is -0.378 e. The van der Waals surface area contributed by atoms with Gasteiger partial charge in [0.15, 0.2) is 0 Å². The fourth-order valence-electron chi connectivity index (χ4n) is 2.98. The molecule has 1 aliphatic heterocycles. The van der Waals surface area contributed by atoms with Gasteiger partial charge in [-0.25, -0.2) is 0 Å². The number of nitrogens with zero attached hydrogens (tertiary/aromatic N) is 2. The number of carbonyl (C=O) groups excluding carboxylic acids is 1. The van der Waals surface area contributed by atoms with E-state index in [2.05, 4.69) is 24.0 Å². The zero-order valence-electron chi connectivity index (χ0n) is 15.5. The van der Waals surface area contributed by atoms with Crippen molar-refractivity contribution in [3.63, 3.8) is 0 Å². The highest BCUT2D eigenvalue weighted by molar-refractivity contribution is 6.11. The van der Waals surface area contributed by atoms with Crippen molar-refractivity contribution in [1.29, 1.82) is 0 Å². The first-order valence-corrected chi connectivity index (χ1v) is 8.56. The monoisotopic (exact) mass is 332 g/mol. The second-order valence-corrected chi connectivity index (χ2v) is 7.04. The molecule has 1 saturated heterocycles. The summed E-state index contributed by atoms with van der Waals surface area (Å²) in [5.74, 6) is 0.0924. The quantitative estimate of drug-likeness (QED) is 0.569. The summed E-state index contributed by atoms with van der Waals surface area (Å²) in [5, 5.41) is 0. The third-order valence-electron chi connectivity index (χ3n) is 4.67. The van der Waals surface area contributed by atoms with Gasteiger partial charge in [0.05, 0.1) is 12.7 Å². The fraction of sp³-hybridized carbons (Fsp3) is 0.611. The first-order chi connectivity index (χ1) is 11.3. The topological polar surface area (TPSA) is 42.0 Å². The van der Waals surface area contributed by atoms with Crippen molar-refractivity contribution in [3.8, 4) is 0 Å². The van der Waals surface area contributed by atoms with Crippen molar-refractivity contribution in [2.75, 3.05) is 33.8 Å². The van der Waals surface area contributed by atoms with Crippen LogP contribution in [-0.4, -0.2) is 75.2 Å². The Balaban J connectivity index is 1.99. The molecule has 1 aromatic rings. The van der Waals surface area contributed by atoms with Crippen LogP contribution in [0.1, 0.15) is 19.4 Å². The van der Waals surface area contributed by atoms with Crippen LogP contribution in [0.4, 0.5) is 0 Å². The van der Waals surface area contributed by atoms with E-state index >= 15 is 0 Å². The maximum Gasteiger partial charge on any atom is 0.219 e. The fourth-order valence-corrected chi connectivity index (χ4v) is 2.98. The van der Waals surface area contributed by atoms with E-state index in [0.717, 1.165) is 6.42 Å². The molecule has 0 radical (unpaired) electrons. The predicted octanol–water partition coefficient (Wildman–Crippen LogP) is 0.730. The SMILES string of the molecule is BC1CN(C(C)=O)CC(COC(C)(Cc2ccccc2)N(C)C)O1. The Bertz CT molecular complexity index is 540. The molecule has 1 amide bonds. The van der Waals surface area contributed by atoms with Gasteiger partial charge in [0.25, 0.3) is 0 Å². The minimum absolute atomic E-state index is 0.0379. The van der Waals surface area contributed by atoms with Gasteiger partial charge in [0.1, 0.15) is 13.6 Å². The lowest BCUT2D eigenvalue weighted by Crippen LogP contribution is -2.53. The molecule has 1 aliphatic rings. The van der Waals surface area contributed by atoms with E-state index in [1.54, 1.807) is 6.92 Å². The molecule has 0 N–H and O–H groups in total. The van der Waals surface area contributed by atoms with Crippen LogP contribution < -0.4 is 0 Å². The Morgan fingerprint density at radius 1 is 1.38 bits per heavy atom. The van der Waals surface area contributed by atoms with E-state index in [9.17, 15) is 4.79 Å². The molecule has 2 rings (SSSR count). The van der Waals surface area contributed by atoms with Crippen molar-refractivity contribution in [2.24, 2.45) is 0 Å². The van der Waals surface area contributed by atoms with Gasteiger partial charge in [0, 0.05) is 32.4 Å². The molecule has 0 aromatic heterocycles. The van der Waals surface area contributed by atoms with Crippen molar-refractivity contribution in [3.05, 3.63) is 35.9 Å². The van der Waals surface area contributed by atoms with Crippen molar-refractivity contribution in [2.45, 2.75) is 38.1 Å². The van der Waals surface area contributed by atoms with Crippen LogP contribution in [-0.2, 0) is 20.7 Å². The Hall–Kier alpha value is -1.37. The number of amides is 1. The lowest BCUT2D eigenvalue weighted by Gasteiger charge is -2.41. The molecule has 24 heavy (non-hydrogen) atoms. The van der Waals surface area contributed by atoms with Crippen molar-refractivity contribution < 1.29 is 14.3 Å². The van der Waals surface area contributed by atoms with Crippen LogP contribution in [0, 0.1) is 0 Å². The lowest BCUT2D eigenvalue weighted by atomic mass is 9.97. The second kappa shape index (κ2) is 8.14. The molecular formula is C18H29BN2O3. The highest BCUT2D eigenvalue weighted by Crippen LogP contribution is 2.22. The molecule has 5 nitrogen and oxygen atoms in total. The molecule has 3 atom stereocenters. The average Bonchev–Trinajstić information content (AvgIpc) is 2.53. The molecule has 0 spiro atoms. The van der Waals surface area contributed by atoms with Crippen molar-refractivity contribution >= 4 is 13.8 Å². The standard InChI is InChI=1S/C18H29BN2O3/c1-14(22)21-11-16(24-17(19)12-21)13-23-18(2,20(3)4)10-15-8-6-5-7-9-15/h5-9,16-17H,10-13,19H2,1-4H3. The number of carbonyl (C=O) groups is 1. The maximum absolute atomic E-state index is 11.7. The van der Waals surface area contributed by atoms with Gasteiger partial charge >= 0.3 is 0 Å². The van der Waals surface area contributed by atoms with Gasteiger partial charge in [-0.1, -0.05) is 30.3 Å². The number of likely N-dealkylation sites (N-methyl/N-ethyl adjacent to an activating group) is 1. The molecule has 6 heteroatoms. The smallest absolute Gasteiger partial charge is 0.219 e. The van der Waals surface area contributed by atoms with Gasteiger partial charge in [-0.05, 0) is 26.6 Å². The third kappa shape index (κ3) is 5.06. The maximum atomic E-state index is 11.7. The summed E-state index contributed by atoms with van der Waals surface area (Å²) in [7, 11) is 6.04. The number of ether oxygens (including phenoxy) is 2. The molecule has 1 aromatic carbocycles. The summed E-state index contributed by atoms with van der Waals surface area (Å²) in [6.45, 7) is 5.41. The molecule has 1 heterocycles. The lowest BCUT2D eigenvalue weighted by molar-refractivity contribution is -0.171. The van der Waals surface area contributed by atoms with Gasteiger partial charge in [-0.15, -0.1) is 0 Å². The first-order valence-electron chi connectivity index (χ1n) is 8.56. The van der Waals surface area contributed by atoms with E-state index in [1.807, 2.05) is 45.0 Å². The summed E-state index contributed by atoms with van der Waals surface area (Å²) in [6.07, 6.45) is 0.701. The van der Waals surface area contributed by atoms with Gasteiger partial charge < -0.3 is 14.4 Å². The van der Waals surface area contributed by atoms with Gasteiger partial charge in [-0.2, -0.15) is 0 Å². The minimum atomic E-state index is -0.424. The van der Waals surface area contributed by atoms with Gasteiger partial charge in [0.2, 0.25) is 5.91 Å². The normalized spacial score (nSPS) is 24.0. The highest BCUT2D eigenvalue weighted by atomic mass is 16.6. The Morgan fingerprint density at radius 2 is 2.04 bits per heavy atom. The summed E-state index contributed by atoms with van der Waals surface area (Å²) in [4.78, 5) is 15.6. The molecule has 1 fully saturated rings. The number of rotatable bonds is 6.